The standard InChI is InChI=1S/C23H29N5O4S2/c1-15(2)20(22(29)32-23(3,4)5)26-34(30,31)19-13-7-16(8-14-19)21-24-27-28(25-21)17-9-11-18(33-6)12-10-17/h7-15,20,26H,1-6H3. The first-order valence-corrected chi connectivity index (χ1v) is 13.4. The molecule has 3 rings (SSSR count). The van der Waals surface area contributed by atoms with E-state index in [2.05, 4.69) is 20.1 Å². The Bertz CT molecular complexity index is 1230. The van der Waals surface area contributed by atoms with E-state index in [9.17, 15) is 13.2 Å². The van der Waals surface area contributed by atoms with Crippen molar-refractivity contribution in [3.05, 3.63) is 48.5 Å². The number of rotatable bonds is 8. The third-order valence-electron chi connectivity index (χ3n) is 4.75. The topological polar surface area (TPSA) is 116 Å². The number of carbonyl (C=O) groups excluding carboxylic acids is 1. The fourth-order valence-electron chi connectivity index (χ4n) is 2.99. The van der Waals surface area contributed by atoms with Gasteiger partial charge in [0.05, 0.1) is 10.6 Å². The minimum Gasteiger partial charge on any atom is -0.459 e. The number of benzene rings is 2. The van der Waals surface area contributed by atoms with Gasteiger partial charge in [-0.15, -0.1) is 26.8 Å². The number of thioether (sulfide) groups is 1. The quantitative estimate of drug-likeness (QED) is 0.365. The van der Waals surface area contributed by atoms with Crippen LogP contribution in [0.25, 0.3) is 17.1 Å². The number of hydrogen-bond donors (Lipinski definition) is 1. The molecule has 3 aromatic rings. The Morgan fingerprint density at radius 1 is 1.06 bits per heavy atom. The molecule has 0 spiro atoms. The Balaban J connectivity index is 1.77. The third kappa shape index (κ3) is 6.43. The van der Waals surface area contributed by atoms with E-state index in [1.54, 1.807) is 58.5 Å². The molecule has 182 valence electrons. The highest BCUT2D eigenvalue weighted by molar-refractivity contribution is 7.98. The number of hydrogen-bond acceptors (Lipinski definition) is 8. The molecule has 34 heavy (non-hydrogen) atoms. The van der Waals surface area contributed by atoms with Gasteiger partial charge in [0, 0.05) is 10.5 Å². The molecule has 0 amide bonds. The van der Waals surface area contributed by atoms with Crippen molar-refractivity contribution < 1.29 is 17.9 Å². The summed E-state index contributed by atoms with van der Waals surface area (Å²) >= 11 is 1.64. The smallest absolute Gasteiger partial charge is 0.324 e. The number of tetrazole rings is 1. The molecule has 11 heteroatoms. The van der Waals surface area contributed by atoms with E-state index >= 15 is 0 Å². The summed E-state index contributed by atoms with van der Waals surface area (Å²) in [6, 6.07) is 12.8. The van der Waals surface area contributed by atoms with Crippen LogP contribution in [-0.2, 0) is 19.6 Å². The van der Waals surface area contributed by atoms with Crippen molar-refractivity contribution in [2.45, 2.75) is 56.1 Å². The molecule has 1 N–H and O–H groups in total. The Morgan fingerprint density at radius 3 is 2.21 bits per heavy atom. The number of nitrogens with one attached hydrogen (secondary N) is 1. The van der Waals surface area contributed by atoms with Crippen LogP contribution >= 0.6 is 11.8 Å². The normalized spacial score (nSPS) is 13.1. The third-order valence-corrected chi connectivity index (χ3v) is 6.95. The number of esters is 1. The first-order valence-electron chi connectivity index (χ1n) is 10.7. The Labute approximate surface area is 204 Å². The highest BCUT2D eigenvalue weighted by Crippen LogP contribution is 2.21. The molecule has 1 heterocycles. The number of carbonyl (C=O) groups is 1. The molecule has 0 saturated heterocycles. The van der Waals surface area contributed by atoms with E-state index in [1.807, 2.05) is 30.5 Å². The molecule has 0 bridgehead atoms. The summed E-state index contributed by atoms with van der Waals surface area (Å²) < 4.78 is 33.7. The van der Waals surface area contributed by atoms with Gasteiger partial charge in [-0.05, 0) is 86.7 Å². The van der Waals surface area contributed by atoms with Gasteiger partial charge in [-0.25, -0.2) is 8.42 Å². The van der Waals surface area contributed by atoms with Gasteiger partial charge in [-0.2, -0.15) is 4.72 Å². The summed E-state index contributed by atoms with van der Waals surface area (Å²) in [6.07, 6.45) is 2.00. The zero-order valence-electron chi connectivity index (χ0n) is 20.0. The molecule has 0 radical (unpaired) electrons. The molecular formula is C23H29N5O4S2. The molecule has 0 aliphatic carbocycles. The zero-order valence-corrected chi connectivity index (χ0v) is 21.6. The monoisotopic (exact) mass is 503 g/mol. The lowest BCUT2D eigenvalue weighted by atomic mass is 10.1. The highest BCUT2D eigenvalue weighted by Gasteiger charge is 2.32. The second kappa shape index (κ2) is 10.2. The van der Waals surface area contributed by atoms with E-state index in [0.29, 0.717) is 11.4 Å². The molecule has 0 aliphatic rings. The molecule has 1 atom stereocenters. The molecule has 0 fully saturated rings. The maximum absolute atomic E-state index is 12.9. The first-order chi connectivity index (χ1) is 15.9. The molecule has 9 nitrogen and oxygen atoms in total. The van der Waals surface area contributed by atoms with Crippen molar-refractivity contribution in [2.75, 3.05) is 6.26 Å². The summed E-state index contributed by atoms with van der Waals surface area (Å²) in [5, 5.41) is 12.5. The summed E-state index contributed by atoms with van der Waals surface area (Å²) in [5.74, 6) is -0.554. The van der Waals surface area contributed by atoms with Crippen LogP contribution in [-0.4, -0.2) is 52.5 Å². The van der Waals surface area contributed by atoms with E-state index in [4.69, 9.17) is 4.74 Å². The summed E-state index contributed by atoms with van der Waals surface area (Å²) in [4.78, 5) is 15.1. The van der Waals surface area contributed by atoms with Crippen LogP contribution in [0, 0.1) is 5.92 Å². The Kier molecular flexibility index (Phi) is 7.79. The van der Waals surface area contributed by atoms with Crippen molar-refractivity contribution >= 4 is 27.8 Å². The van der Waals surface area contributed by atoms with Gasteiger partial charge in [0.15, 0.2) is 0 Å². The number of sulfonamides is 1. The van der Waals surface area contributed by atoms with E-state index < -0.39 is 27.6 Å². The summed E-state index contributed by atoms with van der Waals surface area (Å²) in [6.45, 7) is 8.71. The lowest BCUT2D eigenvalue weighted by Gasteiger charge is -2.26. The van der Waals surface area contributed by atoms with Crippen molar-refractivity contribution in [1.82, 2.24) is 24.9 Å². The van der Waals surface area contributed by atoms with Crippen LogP contribution < -0.4 is 4.72 Å². The van der Waals surface area contributed by atoms with E-state index in [-0.39, 0.29) is 10.8 Å². The first kappa shape index (κ1) is 25.9. The summed E-state index contributed by atoms with van der Waals surface area (Å²) in [7, 11) is -3.96. The zero-order chi connectivity index (χ0) is 25.1. The lowest BCUT2D eigenvalue weighted by Crippen LogP contribution is -2.47. The fourth-order valence-corrected chi connectivity index (χ4v) is 4.74. The molecule has 1 unspecified atom stereocenters. The van der Waals surface area contributed by atoms with Gasteiger partial charge in [0.2, 0.25) is 15.8 Å². The van der Waals surface area contributed by atoms with Crippen molar-refractivity contribution in [3.63, 3.8) is 0 Å². The van der Waals surface area contributed by atoms with Crippen LogP contribution in [0.1, 0.15) is 34.6 Å². The average molecular weight is 504 g/mol. The van der Waals surface area contributed by atoms with E-state index in [0.717, 1.165) is 10.6 Å². The molecular weight excluding hydrogens is 474 g/mol. The van der Waals surface area contributed by atoms with Crippen LogP contribution in [0.3, 0.4) is 0 Å². The van der Waals surface area contributed by atoms with Gasteiger partial charge >= 0.3 is 5.97 Å². The number of aromatic nitrogens is 4. The lowest BCUT2D eigenvalue weighted by molar-refractivity contribution is -0.158. The predicted octanol–water partition coefficient (Wildman–Crippen LogP) is 3.70. The van der Waals surface area contributed by atoms with Gasteiger partial charge in [0.25, 0.3) is 0 Å². The number of nitrogens with zero attached hydrogens (tertiary/aromatic N) is 4. The Morgan fingerprint density at radius 2 is 1.68 bits per heavy atom. The van der Waals surface area contributed by atoms with Crippen LogP contribution in [0.5, 0.6) is 0 Å². The minimum absolute atomic E-state index is 0.0190. The van der Waals surface area contributed by atoms with Crippen LogP contribution in [0.4, 0.5) is 0 Å². The summed E-state index contributed by atoms with van der Waals surface area (Å²) in [5.41, 5.74) is 0.652. The predicted molar refractivity (Wildman–Crippen MR) is 131 cm³/mol. The van der Waals surface area contributed by atoms with Crippen molar-refractivity contribution in [2.24, 2.45) is 5.92 Å². The fraction of sp³-hybridized carbons (Fsp3) is 0.391. The largest absolute Gasteiger partial charge is 0.459 e. The molecule has 1 aromatic heterocycles. The molecule has 0 aliphatic heterocycles. The van der Waals surface area contributed by atoms with Crippen LogP contribution in [0.2, 0.25) is 0 Å². The molecule has 2 aromatic carbocycles. The molecule has 0 saturated carbocycles. The Hall–Kier alpha value is -2.76. The van der Waals surface area contributed by atoms with Gasteiger partial charge < -0.3 is 4.74 Å². The van der Waals surface area contributed by atoms with Crippen molar-refractivity contribution in [1.29, 1.82) is 0 Å². The van der Waals surface area contributed by atoms with Gasteiger partial charge in [-0.1, -0.05) is 13.8 Å². The average Bonchev–Trinajstić information content (AvgIpc) is 3.26. The maximum Gasteiger partial charge on any atom is 0.324 e. The minimum atomic E-state index is -3.96. The van der Waals surface area contributed by atoms with Crippen LogP contribution in [0.15, 0.2) is 58.3 Å². The number of ether oxygens (including phenoxy) is 1. The van der Waals surface area contributed by atoms with E-state index in [1.165, 1.54) is 16.9 Å². The highest BCUT2D eigenvalue weighted by atomic mass is 32.2. The maximum atomic E-state index is 12.9. The van der Waals surface area contributed by atoms with Crippen molar-refractivity contribution in [3.8, 4) is 17.1 Å². The second-order valence-electron chi connectivity index (χ2n) is 9.00. The second-order valence-corrected chi connectivity index (χ2v) is 11.6. The van der Waals surface area contributed by atoms with Gasteiger partial charge in [0.1, 0.15) is 11.6 Å². The SMILES string of the molecule is CSc1ccc(-n2nnc(-c3ccc(S(=O)(=O)NC(C(=O)OC(C)(C)C)C(C)C)cc3)n2)cc1. The van der Waals surface area contributed by atoms with Gasteiger partial charge in [-0.3, -0.25) is 4.79 Å².